The molecular formula is C23H22N6O3S. The standard InChI is InChI=1S/C23H22N6O3S/c1-13-6-4-8-16(10-13)21-26-22(32-28-21)19-20(24)29(27-23(19)33-3)12-18(31)25-17-9-5-7-15(11-17)14(2)30/h4-11H,12,24H2,1-3H3,(H,25,31). The maximum absolute atomic E-state index is 12.6. The first-order chi connectivity index (χ1) is 15.9. The molecule has 2 aromatic heterocycles. The molecule has 0 bridgehead atoms. The van der Waals surface area contributed by atoms with Crippen LogP contribution in [0.2, 0.25) is 0 Å². The molecule has 0 aliphatic heterocycles. The van der Waals surface area contributed by atoms with Crippen LogP contribution in [0.15, 0.2) is 58.1 Å². The lowest BCUT2D eigenvalue weighted by Crippen LogP contribution is -2.20. The van der Waals surface area contributed by atoms with Crippen LogP contribution >= 0.6 is 11.8 Å². The number of hydrogen-bond acceptors (Lipinski definition) is 8. The summed E-state index contributed by atoms with van der Waals surface area (Å²) < 4.78 is 6.87. The maximum atomic E-state index is 12.6. The number of aryl methyl sites for hydroxylation is 1. The van der Waals surface area contributed by atoms with Crippen LogP contribution in [0.4, 0.5) is 11.5 Å². The number of amides is 1. The second kappa shape index (κ2) is 9.29. The molecule has 0 aliphatic rings. The minimum atomic E-state index is -0.338. The Morgan fingerprint density at radius 1 is 1.18 bits per heavy atom. The van der Waals surface area contributed by atoms with Gasteiger partial charge in [-0.05, 0) is 38.3 Å². The van der Waals surface area contributed by atoms with Gasteiger partial charge in [-0.25, -0.2) is 4.68 Å². The number of nitrogens with one attached hydrogen (secondary N) is 1. The van der Waals surface area contributed by atoms with Gasteiger partial charge in [0.2, 0.25) is 11.7 Å². The normalized spacial score (nSPS) is 10.9. The van der Waals surface area contributed by atoms with Crippen molar-refractivity contribution in [3.63, 3.8) is 0 Å². The molecule has 10 heteroatoms. The van der Waals surface area contributed by atoms with Crippen LogP contribution < -0.4 is 11.1 Å². The summed E-state index contributed by atoms with van der Waals surface area (Å²) in [5.41, 5.74) is 9.75. The highest BCUT2D eigenvalue weighted by atomic mass is 32.2. The second-order valence-electron chi connectivity index (χ2n) is 7.40. The van der Waals surface area contributed by atoms with Crippen molar-refractivity contribution in [2.24, 2.45) is 0 Å². The van der Waals surface area contributed by atoms with Crippen molar-refractivity contribution >= 4 is 35.0 Å². The topological polar surface area (TPSA) is 129 Å². The zero-order valence-electron chi connectivity index (χ0n) is 18.3. The Hall–Kier alpha value is -3.92. The summed E-state index contributed by atoms with van der Waals surface area (Å²) in [4.78, 5) is 28.7. The number of nitrogens with two attached hydrogens (primary N) is 1. The van der Waals surface area contributed by atoms with E-state index in [1.165, 1.54) is 23.4 Å². The number of nitrogen functional groups attached to an aromatic ring is 1. The minimum absolute atomic E-state index is 0.0822. The molecule has 9 nitrogen and oxygen atoms in total. The van der Waals surface area contributed by atoms with Crippen LogP contribution in [-0.2, 0) is 11.3 Å². The highest BCUT2D eigenvalue weighted by molar-refractivity contribution is 7.98. The van der Waals surface area contributed by atoms with Crippen molar-refractivity contribution in [3.05, 3.63) is 59.7 Å². The smallest absolute Gasteiger partial charge is 0.264 e. The molecule has 0 spiro atoms. The minimum Gasteiger partial charge on any atom is -0.383 e. The monoisotopic (exact) mass is 462 g/mol. The molecule has 0 unspecified atom stereocenters. The van der Waals surface area contributed by atoms with E-state index >= 15 is 0 Å². The molecule has 0 aliphatic carbocycles. The van der Waals surface area contributed by atoms with Gasteiger partial charge in [-0.15, -0.1) is 11.8 Å². The fraction of sp³-hybridized carbons (Fsp3) is 0.174. The number of benzene rings is 2. The Balaban J connectivity index is 1.57. The molecule has 2 aromatic carbocycles. The van der Waals surface area contributed by atoms with E-state index in [-0.39, 0.29) is 29.9 Å². The lowest BCUT2D eigenvalue weighted by molar-refractivity contribution is -0.116. The molecule has 0 saturated heterocycles. The third-order valence-electron chi connectivity index (χ3n) is 4.92. The molecule has 168 valence electrons. The quantitative estimate of drug-likeness (QED) is 0.311. The first-order valence-electron chi connectivity index (χ1n) is 10.1. The Bertz CT molecular complexity index is 1340. The van der Waals surface area contributed by atoms with Crippen molar-refractivity contribution in [1.29, 1.82) is 0 Å². The van der Waals surface area contributed by atoms with Gasteiger partial charge >= 0.3 is 0 Å². The summed E-state index contributed by atoms with van der Waals surface area (Å²) in [5.74, 6) is 0.493. The van der Waals surface area contributed by atoms with E-state index in [4.69, 9.17) is 10.3 Å². The summed E-state index contributed by atoms with van der Waals surface area (Å²) in [6.07, 6.45) is 1.85. The van der Waals surface area contributed by atoms with Crippen LogP contribution in [0.3, 0.4) is 0 Å². The summed E-state index contributed by atoms with van der Waals surface area (Å²) in [6.45, 7) is 3.33. The first-order valence-corrected chi connectivity index (χ1v) is 11.3. The van der Waals surface area contributed by atoms with Crippen LogP contribution in [0, 0.1) is 6.92 Å². The summed E-state index contributed by atoms with van der Waals surface area (Å²) in [7, 11) is 0. The molecule has 4 aromatic rings. The fourth-order valence-electron chi connectivity index (χ4n) is 3.30. The number of carbonyl (C=O) groups is 2. The molecular weight excluding hydrogens is 440 g/mol. The SMILES string of the molecule is CSc1nn(CC(=O)Nc2cccc(C(C)=O)c2)c(N)c1-c1nc(-c2cccc(C)c2)no1. The van der Waals surface area contributed by atoms with Gasteiger partial charge in [0, 0.05) is 16.8 Å². The first kappa shape index (κ1) is 22.3. The number of ketones is 1. The number of Topliss-reactive ketones (excluding diaryl/α,β-unsaturated/α-hetero) is 1. The molecule has 0 saturated carbocycles. The van der Waals surface area contributed by atoms with E-state index in [0.29, 0.717) is 27.7 Å². The highest BCUT2D eigenvalue weighted by Crippen LogP contribution is 2.35. The van der Waals surface area contributed by atoms with E-state index in [2.05, 4.69) is 20.6 Å². The van der Waals surface area contributed by atoms with Gasteiger partial charge < -0.3 is 15.6 Å². The van der Waals surface area contributed by atoms with Crippen LogP contribution in [0.25, 0.3) is 22.8 Å². The average Bonchev–Trinajstić information content (AvgIpc) is 3.38. The molecule has 2 heterocycles. The van der Waals surface area contributed by atoms with E-state index in [9.17, 15) is 9.59 Å². The molecule has 0 fully saturated rings. The maximum Gasteiger partial charge on any atom is 0.264 e. The number of thioether (sulfide) groups is 1. The van der Waals surface area contributed by atoms with Crippen molar-refractivity contribution in [2.45, 2.75) is 25.4 Å². The van der Waals surface area contributed by atoms with Gasteiger partial charge in [0.15, 0.2) is 5.78 Å². The summed E-state index contributed by atoms with van der Waals surface area (Å²) in [6, 6.07) is 14.5. The highest BCUT2D eigenvalue weighted by Gasteiger charge is 2.24. The summed E-state index contributed by atoms with van der Waals surface area (Å²) >= 11 is 1.36. The van der Waals surface area contributed by atoms with Crippen LogP contribution in [0.5, 0.6) is 0 Å². The van der Waals surface area contributed by atoms with E-state index in [1.54, 1.807) is 24.3 Å². The third-order valence-corrected chi connectivity index (χ3v) is 5.59. The Morgan fingerprint density at radius 2 is 1.97 bits per heavy atom. The van der Waals surface area contributed by atoms with Crippen LogP contribution in [-0.4, -0.2) is 37.9 Å². The number of carbonyl (C=O) groups excluding carboxylic acids is 2. The van der Waals surface area contributed by atoms with Gasteiger partial charge in [-0.2, -0.15) is 10.1 Å². The molecule has 1 amide bonds. The lowest BCUT2D eigenvalue weighted by Gasteiger charge is -2.07. The van der Waals surface area contributed by atoms with Crippen LogP contribution in [0.1, 0.15) is 22.8 Å². The zero-order chi connectivity index (χ0) is 23.5. The van der Waals surface area contributed by atoms with Crippen molar-refractivity contribution in [1.82, 2.24) is 19.9 Å². The molecule has 33 heavy (non-hydrogen) atoms. The Labute approximate surface area is 194 Å². The van der Waals surface area contributed by atoms with E-state index < -0.39 is 0 Å². The number of aromatic nitrogens is 4. The van der Waals surface area contributed by atoms with Crippen molar-refractivity contribution in [2.75, 3.05) is 17.3 Å². The third kappa shape index (κ3) is 4.80. The molecule has 0 atom stereocenters. The summed E-state index contributed by atoms with van der Waals surface area (Å²) in [5, 5.41) is 11.8. The van der Waals surface area contributed by atoms with Gasteiger partial charge in [0.05, 0.1) is 0 Å². The molecule has 3 N–H and O–H groups in total. The predicted octanol–water partition coefficient (Wildman–Crippen LogP) is 4.05. The zero-order valence-corrected chi connectivity index (χ0v) is 19.1. The Morgan fingerprint density at radius 3 is 2.70 bits per heavy atom. The van der Waals surface area contributed by atoms with Gasteiger partial charge in [0.1, 0.15) is 23.0 Å². The largest absolute Gasteiger partial charge is 0.383 e. The van der Waals surface area contributed by atoms with Gasteiger partial charge in [0.25, 0.3) is 5.89 Å². The average molecular weight is 463 g/mol. The van der Waals surface area contributed by atoms with E-state index in [1.807, 2.05) is 37.4 Å². The van der Waals surface area contributed by atoms with Crippen molar-refractivity contribution < 1.29 is 14.1 Å². The fourth-order valence-corrected chi connectivity index (χ4v) is 3.87. The van der Waals surface area contributed by atoms with Gasteiger partial charge in [-0.3, -0.25) is 9.59 Å². The number of rotatable bonds is 7. The second-order valence-corrected chi connectivity index (χ2v) is 8.20. The number of anilines is 2. The van der Waals surface area contributed by atoms with E-state index in [0.717, 1.165) is 11.1 Å². The van der Waals surface area contributed by atoms with Crippen molar-refractivity contribution in [3.8, 4) is 22.8 Å². The van der Waals surface area contributed by atoms with Gasteiger partial charge in [-0.1, -0.05) is 41.1 Å². The number of hydrogen-bond donors (Lipinski definition) is 2. The number of nitrogens with zero attached hydrogens (tertiary/aromatic N) is 4. The predicted molar refractivity (Wildman–Crippen MR) is 127 cm³/mol. The molecule has 4 rings (SSSR count). The lowest BCUT2D eigenvalue weighted by atomic mass is 10.1. The Kier molecular flexibility index (Phi) is 6.27. The molecule has 0 radical (unpaired) electrons.